The molecule has 0 unspecified atom stereocenters. The molecule has 2 heteroatoms. The highest BCUT2D eigenvalue weighted by atomic mass is 14.5. The van der Waals surface area contributed by atoms with Crippen molar-refractivity contribution < 1.29 is 0 Å². The van der Waals surface area contributed by atoms with Crippen LogP contribution in [0.1, 0.15) is 6.92 Å². The van der Waals surface area contributed by atoms with Gasteiger partial charge in [-0.1, -0.05) is 0 Å². The Morgan fingerprint density at radius 3 is 2.50 bits per heavy atom. The molecule has 2 nitrogen and oxygen atoms in total. The molecule has 0 amide bonds. The molecule has 0 rings (SSSR count). The number of hydrogen-bond acceptors (Lipinski definition) is 2. The molecule has 0 aromatic carbocycles. The van der Waals surface area contributed by atoms with Gasteiger partial charge in [-0.2, -0.15) is 5.26 Å². The summed E-state index contributed by atoms with van der Waals surface area (Å²) >= 11 is 0. The first-order valence-electron chi connectivity index (χ1n) is 1.60. The Labute approximate surface area is 36.9 Å². The van der Waals surface area contributed by atoms with Gasteiger partial charge in [-0.3, -0.25) is 0 Å². The van der Waals surface area contributed by atoms with Gasteiger partial charge in [0.1, 0.15) is 0 Å². The highest BCUT2D eigenvalue weighted by Gasteiger charge is 1.72. The van der Waals surface area contributed by atoms with Crippen molar-refractivity contribution in [3.8, 4) is 6.07 Å². The van der Waals surface area contributed by atoms with E-state index in [0.717, 1.165) is 0 Å². The minimum Gasteiger partial charge on any atom is -0.404 e. The number of nitrogens with two attached hydrogens (primary N) is 1. The lowest BCUT2D eigenvalue weighted by molar-refractivity contribution is 1.40. The molecule has 2 N–H and O–H groups in total. The smallest absolute Gasteiger partial charge is 0.0959 e. The lowest BCUT2D eigenvalue weighted by atomic mass is 10.4. The number of nitriles is 1. The van der Waals surface area contributed by atoms with Gasteiger partial charge in [-0.15, -0.1) is 0 Å². The summed E-state index contributed by atoms with van der Waals surface area (Å²) in [5.41, 5.74) is 5.45. The summed E-state index contributed by atoms with van der Waals surface area (Å²) in [5, 5.41) is 7.94. The normalized spacial score (nSPS) is 10.3. The van der Waals surface area contributed by atoms with Crippen LogP contribution in [0.3, 0.4) is 0 Å². The van der Waals surface area contributed by atoms with Crippen molar-refractivity contribution in [1.82, 2.24) is 0 Å². The van der Waals surface area contributed by atoms with Crippen LogP contribution in [0.2, 0.25) is 0 Å². The van der Waals surface area contributed by atoms with E-state index < -0.39 is 0 Å². The summed E-state index contributed by atoms with van der Waals surface area (Å²) in [6.07, 6.45) is 1.28. The Hall–Kier alpha value is -0.970. The second kappa shape index (κ2) is 2.28. The van der Waals surface area contributed by atoms with Crippen LogP contribution in [0.4, 0.5) is 0 Å². The lowest BCUT2D eigenvalue weighted by Gasteiger charge is -1.71. The van der Waals surface area contributed by atoms with E-state index in [1.54, 1.807) is 6.92 Å². The van der Waals surface area contributed by atoms with E-state index in [0.29, 0.717) is 5.57 Å². The van der Waals surface area contributed by atoms with Gasteiger partial charge in [-0.25, -0.2) is 0 Å². The van der Waals surface area contributed by atoms with E-state index in [9.17, 15) is 0 Å². The van der Waals surface area contributed by atoms with Crippen molar-refractivity contribution in [3.05, 3.63) is 11.8 Å². The molecule has 6 heavy (non-hydrogen) atoms. The summed E-state index contributed by atoms with van der Waals surface area (Å²) < 4.78 is 0. The van der Waals surface area contributed by atoms with Gasteiger partial charge < -0.3 is 5.73 Å². The van der Waals surface area contributed by atoms with Gasteiger partial charge in [0.05, 0.1) is 6.07 Å². The Bertz CT molecular complexity index is 96.6. The van der Waals surface area contributed by atoms with E-state index >= 15 is 0 Å². The summed E-state index contributed by atoms with van der Waals surface area (Å²) in [5.74, 6) is 0. The van der Waals surface area contributed by atoms with Crippen molar-refractivity contribution in [2.45, 2.75) is 6.92 Å². The maximum Gasteiger partial charge on any atom is 0.0959 e. The first-order chi connectivity index (χ1) is 2.81. The van der Waals surface area contributed by atoms with Crippen LogP contribution in [0, 0.1) is 11.3 Å². The van der Waals surface area contributed by atoms with Gasteiger partial charge in [0.25, 0.3) is 0 Å². The molecule has 0 radical (unpaired) electrons. The van der Waals surface area contributed by atoms with Gasteiger partial charge in [-0.05, 0) is 6.92 Å². The van der Waals surface area contributed by atoms with E-state index in [1.807, 2.05) is 6.07 Å². The van der Waals surface area contributed by atoms with Gasteiger partial charge in [0.15, 0.2) is 0 Å². The third-order valence-corrected chi connectivity index (χ3v) is 0.426. The summed E-state index contributed by atoms with van der Waals surface area (Å²) in [6, 6.07) is 1.85. The van der Waals surface area contributed by atoms with E-state index in [4.69, 9.17) is 11.0 Å². The van der Waals surface area contributed by atoms with Crippen LogP contribution in [0.5, 0.6) is 0 Å². The Morgan fingerprint density at radius 2 is 2.50 bits per heavy atom. The highest BCUT2D eigenvalue weighted by Crippen LogP contribution is 1.79. The fourth-order valence-corrected chi connectivity index (χ4v) is 0.0373. The Balaban J connectivity index is 3.61. The molecule has 0 aromatic heterocycles. The first-order valence-corrected chi connectivity index (χ1v) is 1.60. The van der Waals surface area contributed by atoms with E-state index in [-0.39, 0.29) is 0 Å². The predicted molar refractivity (Wildman–Crippen MR) is 23.6 cm³/mol. The number of hydrogen-bond donors (Lipinski definition) is 1. The van der Waals surface area contributed by atoms with Gasteiger partial charge in [0, 0.05) is 11.8 Å². The molecule has 0 heterocycles. The monoisotopic (exact) mass is 82.1 g/mol. The van der Waals surface area contributed by atoms with Gasteiger partial charge >= 0.3 is 0 Å². The predicted octanol–water partition coefficient (Wildman–Crippen LogP) is 0.372. The minimum absolute atomic E-state index is 0.551. The van der Waals surface area contributed by atoms with Crippen molar-refractivity contribution in [1.29, 1.82) is 5.26 Å². The fourth-order valence-electron chi connectivity index (χ4n) is 0.0373. The summed E-state index contributed by atoms with van der Waals surface area (Å²) in [6.45, 7) is 1.65. The van der Waals surface area contributed by atoms with Crippen LogP contribution in [-0.4, -0.2) is 0 Å². The van der Waals surface area contributed by atoms with Crippen molar-refractivity contribution in [2.75, 3.05) is 0 Å². The molecule has 32 valence electrons. The summed E-state index contributed by atoms with van der Waals surface area (Å²) in [7, 11) is 0. The zero-order chi connectivity index (χ0) is 4.99. The van der Waals surface area contributed by atoms with E-state index in [1.165, 1.54) is 6.20 Å². The second-order valence-corrected chi connectivity index (χ2v) is 0.961. The molecule has 0 spiro atoms. The molecule has 0 aromatic rings. The fraction of sp³-hybridized carbons (Fsp3) is 0.250. The average molecular weight is 82.1 g/mol. The SMILES string of the molecule is C/C(C#N)=C/N. The van der Waals surface area contributed by atoms with E-state index in [2.05, 4.69) is 0 Å². The molecule has 0 aliphatic carbocycles. The molecule has 0 bridgehead atoms. The van der Waals surface area contributed by atoms with Crippen LogP contribution in [0.15, 0.2) is 11.8 Å². The van der Waals surface area contributed by atoms with Gasteiger partial charge in [0.2, 0.25) is 0 Å². The molecule has 0 aliphatic rings. The number of nitrogens with zero attached hydrogens (tertiary/aromatic N) is 1. The minimum atomic E-state index is 0.551. The molecule has 0 saturated carbocycles. The van der Waals surface area contributed by atoms with Crippen LogP contribution >= 0.6 is 0 Å². The third-order valence-electron chi connectivity index (χ3n) is 0.426. The molecule has 0 aliphatic heterocycles. The van der Waals surface area contributed by atoms with Crippen LogP contribution < -0.4 is 5.73 Å². The summed E-state index contributed by atoms with van der Waals surface area (Å²) in [4.78, 5) is 0. The second-order valence-electron chi connectivity index (χ2n) is 0.961. The number of allylic oxidation sites excluding steroid dienone is 1. The van der Waals surface area contributed by atoms with Crippen LogP contribution in [0.25, 0.3) is 0 Å². The zero-order valence-electron chi connectivity index (χ0n) is 3.60. The maximum absolute atomic E-state index is 7.94. The van der Waals surface area contributed by atoms with Crippen molar-refractivity contribution in [2.24, 2.45) is 5.73 Å². The topological polar surface area (TPSA) is 49.8 Å². The molecule has 0 atom stereocenters. The molecular formula is C4H6N2. The van der Waals surface area contributed by atoms with Crippen LogP contribution in [-0.2, 0) is 0 Å². The molecule has 0 saturated heterocycles. The Kier molecular flexibility index (Phi) is 1.91. The standard InChI is InChI=1S/C4H6N2/c1-4(2-5)3-6/h2H,5H2,1H3/b4-2-. The molecule has 0 fully saturated rings. The zero-order valence-corrected chi connectivity index (χ0v) is 3.60. The lowest BCUT2D eigenvalue weighted by Crippen LogP contribution is -1.78. The molecular weight excluding hydrogens is 76.1 g/mol. The largest absolute Gasteiger partial charge is 0.404 e. The first kappa shape index (κ1) is 5.03. The maximum atomic E-state index is 7.94. The third kappa shape index (κ3) is 1.36. The Morgan fingerprint density at radius 1 is 2.00 bits per heavy atom. The average Bonchev–Trinajstić information content (AvgIpc) is 1.65. The van der Waals surface area contributed by atoms with Crippen molar-refractivity contribution in [3.63, 3.8) is 0 Å². The number of rotatable bonds is 0. The van der Waals surface area contributed by atoms with Crippen molar-refractivity contribution >= 4 is 0 Å². The quantitative estimate of drug-likeness (QED) is 0.429. The highest BCUT2D eigenvalue weighted by molar-refractivity contribution is 5.15.